The fraction of sp³-hybridized carbons (Fsp3) is 0.259. The number of pyridine rings is 1. The molecule has 32 heavy (non-hydrogen) atoms. The van der Waals surface area contributed by atoms with Gasteiger partial charge in [-0.25, -0.2) is 4.98 Å². The number of allylic oxidation sites excluding steroid dienone is 1. The van der Waals surface area contributed by atoms with Gasteiger partial charge in [-0.15, -0.1) is 6.58 Å². The molecule has 164 valence electrons. The molecule has 0 radical (unpaired) electrons. The first kappa shape index (κ1) is 22.6. The van der Waals surface area contributed by atoms with Crippen molar-refractivity contribution >= 4 is 34.9 Å². The minimum Gasteiger partial charge on any atom is -0.288 e. The van der Waals surface area contributed by atoms with E-state index in [0.29, 0.717) is 28.7 Å². The Balaban J connectivity index is 1.97. The number of aromatic nitrogens is 1. The molecule has 4 rings (SSSR count). The van der Waals surface area contributed by atoms with Gasteiger partial charge in [0.2, 0.25) is 5.91 Å². The van der Waals surface area contributed by atoms with Crippen molar-refractivity contribution in [3.8, 4) is 0 Å². The Labute approximate surface area is 199 Å². The number of rotatable bonds is 5. The summed E-state index contributed by atoms with van der Waals surface area (Å²) < 4.78 is 0. The zero-order valence-electron chi connectivity index (χ0n) is 18.3. The Morgan fingerprint density at radius 1 is 1.09 bits per heavy atom. The third-order valence-electron chi connectivity index (χ3n) is 6.36. The summed E-state index contributed by atoms with van der Waals surface area (Å²) in [6, 6.07) is 19.3. The lowest BCUT2D eigenvalue weighted by Gasteiger charge is -2.49. The van der Waals surface area contributed by atoms with Gasteiger partial charge < -0.3 is 0 Å². The van der Waals surface area contributed by atoms with Crippen LogP contribution < -0.4 is 4.90 Å². The monoisotopic (exact) mass is 464 g/mol. The quantitative estimate of drug-likeness (QED) is 0.365. The molecular weight excluding hydrogens is 439 g/mol. The van der Waals surface area contributed by atoms with E-state index in [1.807, 2.05) is 79.4 Å². The highest BCUT2D eigenvalue weighted by Gasteiger charge is 2.50. The summed E-state index contributed by atoms with van der Waals surface area (Å²) >= 11 is 12.6. The van der Waals surface area contributed by atoms with E-state index in [2.05, 4.69) is 17.6 Å². The highest BCUT2D eigenvalue weighted by Crippen LogP contribution is 2.52. The van der Waals surface area contributed by atoms with Gasteiger partial charge in [0.25, 0.3) is 0 Å². The van der Waals surface area contributed by atoms with Gasteiger partial charge >= 0.3 is 0 Å². The van der Waals surface area contributed by atoms with Crippen LogP contribution in [0.3, 0.4) is 0 Å². The van der Waals surface area contributed by atoms with Crippen molar-refractivity contribution < 1.29 is 4.79 Å². The molecule has 1 fully saturated rings. The number of anilines is 1. The van der Waals surface area contributed by atoms with Crippen LogP contribution in [-0.4, -0.2) is 10.9 Å². The third-order valence-corrected chi connectivity index (χ3v) is 6.85. The molecule has 2 heterocycles. The molecule has 1 aromatic heterocycles. The molecule has 5 heteroatoms. The van der Waals surface area contributed by atoms with Crippen molar-refractivity contribution in [1.29, 1.82) is 0 Å². The number of halogens is 2. The van der Waals surface area contributed by atoms with E-state index >= 15 is 0 Å². The lowest BCUT2D eigenvalue weighted by Crippen LogP contribution is -2.52. The summed E-state index contributed by atoms with van der Waals surface area (Å²) in [5, 5.41) is 1.34. The maximum atomic E-state index is 14.1. The normalized spacial score (nSPS) is 23.2. The van der Waals surface area contributed by atoms with Crippen molar-refractivity contribution in [1.82, 2.24) is 4.98 Å². The average molecular weight is 465 g/mol. The molecular formula is C27H26Cl2N2O. The third kappa shape index (κ3) is 4.20. The number of benzene rings is 2. The summed E-state index contributed by atoms with van der Waals surface area (Å²) in [6.45, 7) is 7.94. The van der Waals surface area contributed by atoms with E-state index < -0.39 is 5.41 Å². The second kappa shape index (κ2) is 9.09. The van der Waals surface area contributed by atoms with E-state index in [1.54, 1.807) is 6.20 Å². The van der Waals surface area contributed by atoms with E-state index in [9.17, 15) is 4.79 Å². The van der Waals surface area contributed by atoms with Crippen LogP contribution in [-0.2, 0) is 4.79 Å². The van der Waals surface area contributed by atoms with Gasteiger partial charge in [-0.3, -0.25) is 9.69 Å². The van der Waals surface area contributed by atoms with Gasteiger partial charge in [0.15, 0.2) is 0 Å². The Morgan fingerprint density at radius 2 is 1.84 bits per heavy atom. The number of nitrogens with zero attached hydrogens (tertiary/aromatic N) is 2. The molecule has 3 aromatic rings. The second-order valence-electron chi connectivity index (χ2n) is 8.73. The first-order valence-corrected chi connectivity index (χ1v) is 11.5. The molecule has 0 saturated carbocycles. The molecule has 1 aliphatic rings. The largest absolute Gasteiger partial charge is 0.288 e. The molecule has 0 spiro atoms. The molecule has 0 N–H and O–H groups in total. The summed E-state index contributed by atoms with van der Waals surface area (Å²) in [5.41, 5.74) is 2.45. The highest BCUT2D eigenvalue weighted by atomic mass is 35.5. The Bertz CT molecular complexity index is 1140. The van der Waals surface area contributed by atoms with Crippen molar-refractivity contribution in [3.63, 3.8) is 0 Å². The van der Waals surface area contributed by atoms with Crippen molar-refractivity contribution in [3.05, 3.63) is 106 Å². The van der Waals surface area contributed by atoms with Crippen LogP contribution >= 0.6 is 23.2 Å². The van der Waals surface area contributed by atoms with Crippen molar-refractivity contribution in [2.75, 3.05) is 4.90 Å². The number of hydrogen-bond donors (Lipinski definition) is 0. The fourth-order valence-corrected chi connectivity index (χ4v) is 5.13. The van der Waals surface area contributed by atoms with Crippen LogP contribution in [0.25, 0.3) is 0 Å². The number of aryl methyl sites for hydroxylation is 1. The minimum absolute atomic E-state index is 0.0129. The van der Waals surface area contributed by atoms with Crippen LogP contribution in [0, 0.1) is 12.3 Å². The van der Waals surface area contributed by atoms with Crippen LogP contribution in [0.5, 0.6) is 0 Å². The van der Waals surface area contributed by atoms with Gasteiger partial charge in [0, 0.05) is 22.2 Å². The topological polar surface area (TPSA) is 33.2 Å². The van der Waals surface area contributed by atoms with Gasteiger partial charge in [-0.2, -0.15) is 0 Å². The molecule has 0 bridgehead atoms. The second-order valence-corrected chi connectivity index (χ2v) is 9.61. The van der Waals surface area contributed by atoms with Crippen LogP contribution in [0.2, 0.25) is 10.0 Å². The SMILES string of the molecule is C=CC[C@@]1(C)C[C@H](c2cccc(Cl)c2)[C@@H](c2ccc(Cl)cc2)N(c2ncccc2C)C1=O. The standard InChI is InChI=1S/C27H26Cl2N2O/c1-4-14-27(3)17-23(20-8-5-9-22(29)16-20)24(19-10-12-21(28)13-11-19)31(26(27)32)25-18(2)7-6-15-30-25/h4-13,15-16,23-24H,1,14,17H2,2-3H3/t23-,24-,27+/m1/s1. The zero-order chi connectivity index (χ0) is 22.9. The maximum Gasteiger partial charge on any atom is 0.235 e. The van der Waals surface area contributed by atoms with Crippen molar-refractivity contribution in [2.24, 2.45) is 5.41 Å². The van der Waals surface area contributed by atoms with E-state index in [1.165, 1.54) is 0 Å². The summed E-state index contributed by atoms with van der Waals surface area (Å²) in [5.74, 6) is 0.746. The van der Waals surface area contributed by atoms with E-state index in [-0.39, 0.29) is 17.9 Å². The number of carbonyl (C=O) groups is 1. The Kier molecular flexibility index (Phi) is 6.41. The average Bonchev–Trinajstić information content (AvgIpc) is 2.77. The maximum absolute atomic E-state index is 14.1. The van der Waals surface area contributed by atoms with Crippen LogP contribution in [0.1, 0.15) is 48.4 Å². The highest BCUT2D eigenvalue weighted by molar-refractivity contribution is 6.30. The fourth-order valence-electron chi connectivity index (χ4n) is 4.81. The number of carbonyl (C=O) groups excluding carboxylic acids is 1. The van der Waals surface area contributed by atoms with E-state index in [4.69, 9.17) is 23.2 Å². The van der Waals surface area contributed by atoms with Gasteiger partial charge in [-0.05, 0) is 66.8 Å². The molecule has 2 aromatic carbocycles. The zero-order valence-corrected chi connectivity index (χ0v) is 19.8. The number of hydrogen-bond acceptors (Lipinski definition) is 2. The predicted molar refractivity (Wildman–Crippen MR) is 132 cm³/mol. The van der Waals surface area contributed by atoms with Crippen LogP contribution in [0.4, 0.5) is 5.82 Å². The first-order valence-electron chi connectivity index (χ1n) is 10.7. The van der Waals surface area contributed by atoms with Crippen molar-refractivity contribution in [2.45, 2.75) is 38.6 Å². The molecule has 1 aliphatic heterocycles. The summed E-state index contributed by atoms with van der Waals surface area (Å²) in [6.07, 6.45) is 4.83. The van der Waals surface area contributed by atoms with Gasteiger partial charge in [0.1, 0.15) is 5.82 Å². The minimum atomic E-state index is -0.610. The molecule has 0 aliphatic carbocycles. The predicted octanol–water partition coefficient (Wildman–Crippen LogP) is 7.54. The lowest BCUT2D eigenvalue weighted by molar-refractivity contribution is -0.131. The van der Waals surface area contributed by atoms with Gasteiger partial charge in [-0.1, -0.05) is 66.5 Å². The number of amides is 1. The Morgan fingerprint density at radius 3 is 2.50 bits per heavy atom. The summed E-state index contributed by atoms with van der Waals surface area (Å²) in [7, 11) is 0. The molecule has 1 amide bonds. The lowest BCUT2D eigenvalue weighted by atomic mass is 9.67. The molecule has 3 nitrogen and oxygen atoms in total. The molecule has 1 saturated heterocycles. The van der Waals surface area contributed by atoms with Gasteiger partial charge in [0.05, 0.1) is 11.5 Å². The number of piperidine rings is 1. The first-order chi connectivity index (χ1) is 15.3. The summed E-state index contributed by atoms with van der Waals surface area (Å²) in [4.78, 5) is 20.6. The van der Waals surface area contributed by atoms with Crippen LogP contribution in [0.15, 0.2) is 79.5 Å². The molecule has 3 atom stereocenters. The molecule has 0 unspecified atom stereocenters. The van der Waals surface area contributed by atoms with E-state index in [0.717, 1.165) is 16.7 Å². The smallest absolute Gasteiger partial charge is 0.235 e. The Hall–Kier alpha value is -2.62.